The number of halogens is 1. The average molecular weight is 350 g/mol. The molecule has 0 unspecified atom stereocenters. The van der Waals surface area contributed by atoms with Crippen molar-refractivity contribution in [3.05, 3.63) is 63.6 Å². The summed E-state index contributed by atoms with van der Waals surface area (Å²) in [6.45, 7) is 0.185. The summed E-state index contributed by atoms with van der Waals surface area (Å²) in [5.74, 6) is -1.17. The van der Waals surface area contributed by atoms with E-state index in [1.807, 2.05) is 0 Å². The molecule has 0 aliphatic rings. The Hall–Kier alpha value is -2.34. The molecule has 0 saturated carbocycles. The van der Waals surface area contributed by atoms with Crippen molar-refractivity contribution in [3.8, 4) is 5.75 Å². The van der Waals surface area contributed by atoms with E-state index in [1.165, 1.54) is 12.1 Å². The first-order valence-corrected chi connectivity index (χ1v) is 6.81. The monoisotopic (exact) mass is 349 g/mol. The number of hydrogen-bond donors (Lipinski definition) is 2. The normalized spacial score (nSPS) is 10.1. The second kappa shape index (κ2) is 6.41. The van der Waals surface area contributed by atoms with Crippen LogP contribution in [0.1, 0.15) is 26.3 Å². The number of ether oxygens (including phenoxy) is 1. The number of para-hydroxylation sites is 1. The third-order valence-electron chi connectivity index (χ3n) is 2.84. The van der Waals surface area contributed by atoms with Crippen LogP contribution in [-0.2, 0) is 6.61 Å². The van der Waals surface area contributed by atoms with Gasteiger partial charge in [0.2, 0.25) is 0 Å². The fraction of sp³-hybridized carbons (Fsp3) is 0.0667. The molecule has 0 aliphatic heterocycles. The molecule has 0 saturated heterocycles. The molecule has 3 N–H and O–H groups in total. The number of carbonyl (C=O) groups excluding carboxylic acids is 1. The Kier molecular flexibility index (Phi) is 4.59. The van der Waals surface area contributed by atoms with Gasteiger partial charge in [-0.25, -0.2) is 4.79 Å². The van der Waals surface area contributed by atoms with Crippen LogP contribution >= 0.6 is 15.9 Å². The smallest absolute Gasteiger partial charge is 0.335 e. The fourth-order valence-electron chi connectivity index (χ4n) is 1.75. The first kappa shape index (κ1) is 15.1. The topological polar surface area (TPSA) is 89.6 Å². The zero-order valence-corrected chi connectivity index (χ0v) is 12.5. The number of rotatable bonds is 5. The van der Waals surface area contributed by atoms with Crippen molar-refractivity contribution in [2.45, 2.75) is 6.61 Å². The number of hydrogen-bond acceptors (Lipinski definition) is 3. The van der Waals surface area contributed by atoms with Crippen LogP contribution in [0.25, 0.3) is 0 Å². The van der Waals surface area contributed by atoms with E-state index in [1.54, 1.807) is 30.3 Å². The van der Waals surface area contributed by atoms with E-state index in [2.05, 4.69) is 15.9 Å². The lowest BCUT2D eigenvalue weighted by molar-refractivity contribution is 0.0696. The van der Waals surface area contributed by atoms with Crippen molar-refractivity contribution in [3.63, 3.8) is 0 Å². The summed E-state index contributed by atoms with van der Waals surface area (Å²) in [5, 5.41) is 8.90. The quantitative estimate of drug-likeness (QED) is 0.868. The lowest BCUT2D eigenvalue weighted by Gasteiger charge is -2.11. The van der Waals surface area contributed by atoms with Crippen molar-refractivity contribution < 1.29 is 19.4 Å². The van der Waals surface area contributed by atoms with Gasteiger partial charge in [-0.15, -0.1) is 0 Å². The van der Waals surface area contributed by atoms with Gasteiger partial charge in [0.05, 0.1) is 11.1 Å². The van der Waals surface area contributed by atoms with Gasteiger partial charge in [-0.05, 0) is 24.3 Å². The van der Waals surface area contributed by atoms with Gasteiger partial charge in [-0.1, -0.05) is 34.1 Å². The minimum absolute atomic E-state index is 0.183. The SMILES string of the molecule is NC(=O)c1ccccc1OCc1ccc(C(=O)O)cc1Br. The van der Waals surface area contributed by atoms with Gasteiger partial charge in [0.1, 0.15) is 12.4 Å². The van der Waals surface area contributed by atoms with Crippen molar-refractivity contribution in [2.75, 3.05) is 0 Å². The summed E-state index contributed by atoms with van der Waals surface area (Å²) in [5.41, 5.74) is 6.52. The van der Waals surface area contributed by atoms with E-state index in [4.69, 9.17) is 15.6 Å². The van der Waals surface area contributed by atoms with Crippen LogP contribution in [0.15, 0.2) is 46.9 Å². The fourth-order valence-corrected chi connectivity index (χ4v) is 2.24. The second-order valence-electron chi connectivity index (χ2n) is 4.26. The third-order valence-corrected chi connectivity index (χ3v) is 3.57. The highest BCUT2D eigenvalue weighted by molar-refractivity contribution is 9.10. The standard InChI is InChI=1S/C15H12BrNO4/c16-12-7-9(15(19)20)5-6-10(12)8-21-13-4-2-1-3-11(13)14(17)18/h1-7H,8H2,(H2,17,18)(H,19,20). The Morgan fingerprint density at radius 2 is 1.90 bits per heavy atom. The van der Waals surface area contributed by atoms with Crippen LogP contribution in [0.5, 0.6) is 5.75 Å². The van der Waals surface area contributed by atoms with E-state index in [-0.39, 0.29) is 12.2 Å². The molecule has 0 aromatic heterocycles. The Bertz CT molecular complexity index is 700. The highest BCUT2D eigenvalue weighted by Crippen LogP contribution is 2.23. The molecule has 0 radical (unpaired) electrons. The van der Waals surface area contributed by atoms with Gasteiger partial charge in [0, 0.05) is 10.0 Å². The minimum atomic E-state index is -0.998. The van der Waals surface area contributed by atoms with Crippen LogP contribution < -0.4 is 10.5 Å². The van der Waals surface area contributed by atoms with Crippen molar-refractivity contribution in [1.82, 2.24) is 0 Å². The number of carboxylic acids is 1. The predicted octanol–water partition coefficient (Wildman–Crippen LogP) is 2.83. The minimum Gasteiger partial charge on any atom is -0.488 e. The first-order valence-electron chi connectivity index (χ1n) is 6.02. The molecule has 5 nitrogen and oxygen atoms in total. The maximum absolute atomic E-state index is 11.3. The molecule has 0 bridgehead atoms. The number of amides is 1. The number of aromatic carboxylic acids is 1. The van der Waals surface area contributed by atoms with Crippen molar-refractivity contribution in [1.29, 1.82) is 0 Å². The summed E-state index contributed by atoms with van der Waals surface area (Å²) >= 11 is 3.30. The Morgan fingerprint density at radius 3 is 2.52 bits per heavy atom. The summed E-state index contributed by atoms with van der Waals surface area (Å²) < 4.78 is 6.21. The maximum Gasteiger partial charge on any atom is 0.335 e. The second-order valence-corrected chi connectivity index (χ2v) is 5.11. The molecule has 21 heavy (non-hydrogen) atoms. The highest BCUT2D eigenvalue weighted by Gasteiger charge is 2.10. The maximum atomic E-state index is 11.3. The molecule has 0 fully saturated rings. The van der Waals surface area contributed by atoms with Crippen LogP contribution in [0.4, 0.5) is 0 Å². The zero-order chi connectivity index (χ0) is 15.4. The van der Waals surface area contributed by atoms with Gasteiger partial charge < -0.3 is 15.6 Å². The van der Waals surface area contributed by atoms with Gasteiger partial charge >= 0.3 is 5.97 Å². The number of benzene rings is 2. The van der Waals surface area contributed by atoms with Crippen LogP contribution in [0, 0.1) is 0 Å². The highest BCUT2D eigenvalue weighted by atomic mass is 79.9. The molecule has 0 atom stereocenters. The molecular formula is C15H12BrNO4. The van der Waals surface area contributed by atoms with Crippen LogP contribution in [0.2, 0.25) is 0 Å². The van der Waals surface area contributed by atoms with Crippen LogP contribution in [-0.4, -0.2) is 17.0 Å². The van der Waals surface area contributed by atoms with E-state index < -0.39 is 11.9 Å². The number of primary amides is 1. The summed E-state index contributed by atoms with van der Waals surface area (Å²) in [7, 11) is 0. The van der Waals surface area contributed by atoms with E-state index in [9.17, 15) is 9.59 Å². The van der Waals surface area contributed by atoms with Gasteiger partial charge in [0.15, 0.2) is 0 Å². The number of nitrogens with two attached hydrogens (primary N) is 1. The largest absolute Gasteiger partial charge is 0.488 e. The number of carbonyl (C=O) groups is 2. The lowest BCUT2D eigenvalue weighted by Crippen LogP contribution is -2.13. The van der Waals surface area contributed by atoms with E-state index in [0.717, 1.165) is 5.56 Å². The van der Waals surface area contributed by atoms with Gasteiger partial charge in [-0.2, -0.15) is 0 Å². The molecule has 1 amide bonds. The van der Waals surface area contributed by atoms with Gasteiger partial charge in [-0.3, -0.25) is 4.79 Å². The molecule has 0 aliphatic carbocycles. The molecule has 0 spiro atoms. The predicted molar refractivity (Wildman–Crippen MR) is 80.4 cm³/mol. The average Bonchev–Trinajstić information content (AvgIpc) is 2.46. The molecular weight excluding hydrogens is 338 g/mol. The molecule has 2 aromatic carbocycles. The third kappa shape index (κ3) is 3.61. The van der Waals surface area contributed by atoms with Crippen LogP contribution in [0.3, 0.4) is 0 Å². The Balaban J connectivity index is 2.17. The Morgan fingerprint density at radius 1 is 1.19 bits per heavy atom. The molecule has 0 heterocycles. The lowest BCUT2D eigenvalue weighted by atomic mass is 10.1. The molecule has 108 valence electrons. The number of carboxylic acid groups (broad SMARTS) is 1. The Labute approximate surface area is 129 Å². The van der Waals surface area contributed by atoms with Gasteiger partial charge in [0.25, 0.3) is 5.91 Å². The molecule has 2 rings (SSSR count). The summed E-state index contributed by atoms with van der Waals surface area (Å²) in [4.78, 5) is 22.1. The summed E-state index contributed by atoms with van der Waals surface area (Å²) in [6.07, 6.45) is 0. The van der Waals surface area contributed by atoms with E-state index in [0.29, 0.717) is 15.8 Å². The molecule has 6 heteroatoms. The first-order chi connectivity index (χ1) is 9.99. The van der Waals surface area contributed by atoms with Crippen molar-refractivity contribution >= 4 is 27.8 Å². The zero-order valence-electron chi connectivity index (χ0n) is 10.9. The van der Waals surface area contributed by atoms with Crippen molar-refractivity contribution in [2.24, 2.45) is 5.73 Å². The molecule has 2 aromatic rings. The summed E-state index contributed by atoms with van der Waals surface area (Å²) in [6, 6.07) is 11.3. The van der Waals surface area contributed by atoms with E-state index >= 15 is 0 Å².